The van der Waals surface area contributed by atoms with E-state index in [1.54, 1.807) is 18.2 Å². The minimum absolute atomic E-state index is 0.0779. The van der Waals surface area contributed by atoms with Gasteiger partial charge in [-0.3, -0.25) is 14.2 Å². The van der Waals surface area contributed by atoms with Crippen molar-refractivity contribution in [3.8, 4) is 11.4 Å². The van der Waals surface area contributed by atoms with Gasteiger partial charge in [0.25, 0.3) is 5.56 Å². The molecule has 150 valence electrons. The number of carbonyl (C=O) groups is 1. The van der Waals surface area contributed by atoms with Gasteiger partial charge in [-0.1, -0.05) is 23.4 Å². The number of ether oxygens (including phenoxy) is 1. The Morgan fingerprint density at radius 1 is 1.28 bits per heavy atom. The van der Waals surface area contributed by atoms with Gasteiger partial charge in [-0.25, -0.2) is 13.8 Å². The molecule has 0 fully saturated rings. The molecule has 1 heterocycles. The van der Waals surface area contributed by atoms with Crippen LogP contribution in [0.25, 0.3) is 5.69 Å². The van der Waals surface area contributed by atoms with Crippen molar-refractivity contribution in [3.05, 3.63) is 75.8 Å². The molecule has 1 N–H and O–H groups in total. The van der Waals surface area contributed by atoms with Crippen molar-refractivity contribution < 1.29 is 18.3 Å². The number of amides is 1. The first kappa shape index (κ1) is 20.8. The number of aromatic nitrogens is 2. The van der Waals surface area contributed by atoms with E-state index in [2.05, 4.69) is 10.3 Å². The number of halogens is 3. The van der Waals surface area contributed by atoms with Gasteiger partial charge in [-0.05, 0) is 30.3 Å². The first-order chi connectivity index (χ1) is 13.9. The van der Waals surface area contributed by atoms with Crippen LogP contribution in [-0.2, 0) is 4.79 Å². The lowest BCUT2D eigenvalue weighted by Crippen LogP contribution is -2.22. The molecule has 1 aromatic heterocycles. The van der Waals surface area contributed by atoms with Gasteiger partial charge in [0.15, 0.2) is 5.03 Å². The number of hydrogen-bond donors (Lipinski definition) is 1. The molecule has 2 aromatic carbocycles. The molecular formula is C19H14ClF2N3O3S. The van der Waals surface area contributed by atoms with Gasteiger partial charge in [0, 0.05) is 18.5 Å². The van der Waals surface area contributed by atoms with Gasteiger partial charge in [0.2, 0.25) is 5.91 Å². The normalized spacial score (nSPS) is 10.6. The summed E-state index contributed by atoms with van der Waals surface area (Å²) in [6.45, 7) is 0. The van der Waals surface area contributed by atoms with Crippen LogP contribution in [0.4, 0.5) is 14.5 Å². The number of methoxy groups -OCH3 is 1. The van der Waals surface area contributed by atoms with Crippen molar-refractivity contribution in [1.82, 2.24) is 9.55 Å². The number of carbonyl (C=O) groups excluding carboxylic acids is 1. The highest BCUT2D eigenvalue weighted by atomic mass is 35.5. The average molecular weight is 438 g/mol. The van der Waals surface area contributed by atoms with E-state index in [1.165, 1.54) is 24.1 Å². The topological polar surface area (TPSA) is 73.2 Å². The van der Waals surface area contributed by atoms with Crippen LogP contribution in [0.5, 0.6) is 5.75 Å². The van der Waals surface area contributed by atoms with Crippen molar-refractivity contribution >= 4 is 35.0 Å². The summed E-state index contributed by atoms with van der Waals surface area (Å²) >= 11 is 7.00. The van der Waals surface area contributed by atoms with Crippen molar-refractivity contribution in [2.45, 2.75) is 5.03 Å². The van der Waals surface area contributed by atoms with E-state index < -0.39 is 23.1 Å². The zero-order valence-corrected chi connectivity index (χ0v) is 16.6. The maximum atomic E-state index is 13.6. The maximum absolute atomic E-state index is 13.6. The molecule has 0 radical (unpaired) electrons. The third-order valence-electron chi connectivity index (χ3n) is 3.77. The Bertz CT molecular complexity index is 1120. The zero-order valence-electron chi connectivity index (χ0n) is 15.0. The molecule has 0 bridgehead atoms. The fourth-order valence-corrected chi connectivity index (χ4v) is 3.36. The Morgan fingerprint density at radius 2 is 2.07 bits per heavy atom. The molecule has 0 saturated heterocycles. The minimum atomic E-state index is -0.889. The van der Waals surface area contributed by atoms with Crippen LogP contribution >= 0.6 is 23.4 Å². The van der Waals surface area contributed by atoms with Crippen molar-refractivity contribution in [2.24, 2.45) is 0 Å². The lowest BCUT2D eigenvalue weighted by atomic mass is 10.3. The predicted octanol–water partition coefficient (Wildman–Crippen LogP) is 3.90. The number of thioether (sulfide) groups is 1. The first-order valence-corrected chi connectivity index (χ1v) is 9.54. The molecule has 6 nitrogen and oxygen atoms in total. The van der Waals surface area contributed by atoms with Crippen LogP contribution in [0.3, 0.4) is 0 Å². The van der Waals surface area contributed by atoms with Crippen LogP contribution in [0.15, 0.2) is 58.6 Å². The van der Waals surface area contributed by atoms with Gasteiger partial charge in [-0.15, -0.1) is 0 Å². The molecule has 0 unspecified atom stereocenters. The van der Waals surface area contributed by atoms with E-state index in [4.69, 9.17) is 16.3 Å². The number of nitrogens with zero attached hydrogens (tertiary/aromatic N) is 2. The smallest absolute Gasteiger partial charge is 0.287 e. The molecule has 1 amide bonds. The van der Waals surface area contributed by atoms with Gasteiger partial charge < -0.3 is 10.1 Å². The minimum Gasteiger partial charge on any atom is -0.495 e. The third kappa shape index (κ3) is 4.93. The summed E-state index contributed by atoms with van der Waals surface area (Å²) in [5.41, 5.74) is -0.0920. The average Bonchev–Trinajstić information content (AvgIpc) is 2.69. The van der Waals surface area contributed by atoms with E-state index in [9.17, 15) is 18.4 Å². The second kappa shape index (κ2) is 9.06. The van der Waals surface area contributed by atoms with E-state index in [-0.39, 0.29) is 16.5 Å². The number of hydrogen-bond acceptors (Lipinski definition) is 5. The largest absolute Gasteiger partial charge is 0.495 e. The summed E-state index contributed by atoms with van der Waals surface area (Å²) < 4.78 is 33.0. The van der Waals surface area contributed by atoms with E-state index in [1.807, 2.05) is 0 Å². The summed E-state index contributed by atoms with van der Waals surface area (Å²) in [7, 11) is 1.48. The van der Waals surface area contributed by atoms with Gasteiger partial charge in [0.05, 0.1) is 29.3 Å². The highest BCUT2D eigenvalue weighted by Gasteiger charge is 2.13. The van der Waals surface area contributed by atoms with Crippen LogP contribution in [0.1, 0.15) is 0 Å². The van der Waals surface area contributed by atoms with E-state index >= 15 is 0 Å². The molecule has 0 saturated carbocycles. The van der Waals surface area contributed by atoms with Gasteiger partial charge in [-0.2, -0.15) is 0 Å². The molecule has 0 spiro atoms. The van der Waals surface area contributed by atoms with Gasteiger partial charge in [0.1, 0.15) is 17.4 Å². The first-order valence-electron chi connectivity index (χ1n) is 8.18. The number of anilines is 1. The summed E-state index contributed by atoms with van der Waals surface area (Å²) in [5.74, 6) is -1.92. The molecule has 10 heteroatoms. The Hall–Kier alpha value is -2.91. The molecule has 3 aromatic rings. The molecular weight excluding hydrogens is 424 g/mol. The van der Waals surface area contributed by atoms with Crippen molar-refractivity contribution in [1.29, 1.82) is 0 Å². The Labute approximate surface area is 173 Å². The van der Waals surface area contributed by atoms with E-state index in [0.717, 1.165) is 23.9 Å². The quantitative estimate of drug-likeness (QED) is 0.592. The fraction of sp³-hybridized carbons (Fsp3) is 0.105. The lowest BCUT2D eigenvalue weighted by Gasteiger charge is -2.10. The summed E-state index contributed by atoms with van der Waals surface area (Å²) in [5, 5.41) is 2.74. The number of rotatable bonds is 6. The van der Waals surface area contributed by atoms with Crippen LogP contribution in [-0.4, -0.2) is 28.3 Å². The van der Waals surface area contributed by atoms with Crippen molar-refractivity contribution in [2.75, 3.05) is 18.2 Å². The van der Waals surface area contributed by atoms with Crippen molar-refractivity contribution in [3.63, 3.8) is 0 Å². The van der Waals surface area contributed by atoms with Crippen LogP contribution in [0.2, 0.25) is 5.02 Å². The second-order valence-corrected chi connectivity index (χ2v) is 7.06. The lowest BCUT2D eigenvalue weighted by molar-refractivity contribution is -0.113. The molecule has 0 aliphatic heterocycles. The highest BCUT2D eigenvalue weighted by molar-refractivity contribution is 7.99. The number of benzene rings is 2. The monoisotopic (exact) mass is 437 g/mol. The van der Waals surface area contributed by atoms with Gasteiger partial charge >= 0.3 is 0 Å². The molecule has 0 aliphatic rings. The third-order valence-corrected chi connectivity index (χ3v) is 5.02. The van der Waals surface area contributed by atoms with Crippen LogP contribution < -0.4 is 15.6 Å². The highest BCUT2D eigenvalue weighted by Crippen LogP contribution is 2.26. The SMILES string of the molecule is COc1ccc(-n2ccnc(SCC(=O)Nc3ccc(F)cc3F)c2=O)cc1Cl. The standard InChI is InChI=1S/C19H14ClF2N3O3S/c1-28-16-5-3-12(9-13(16)20)25-7-6-23-18(19(25)27)29-10-17(26)24-15-4-2-11(21)8-14(15)22/h2-9H,10H2,1H3,(H,24,26). The molecule has 3 rings (SSSR count). The fourth-order valence-electron chi connectivity index (χ4n) is 2.41. The summed E-state index contributed by atoms with van der Waals surface area (Å²) in [6, 6.07) is 7.67. The Morgan fingerprint density at radius 3 is 2.76 bits per heavy atom. The molecule has 0 aliphatic carbocycles. The predicted molar refractivity (Wildman–Crippen MR) is 107 cm³/mol. The molecule has 0 atom stereocenters. The zero-order chi connectivity index (χ0) is 21.0. The Kier molecular flexibility index (Phi) is 6.50. The Balaban J connectivity index is 1.73. The summed E-state index contributed by atoms with van der Waals surface area (Å²) in [6.07, 6.45) is 2.89. The van der Waals surface area contributed by atoms with Crippen LogP contribution in [0, 0.1) is 11.6 Å². The summed E-state index contributed by atoms with van der Waals surface area (Å²) in [4.78, 5) is 28.7. The second-order valence-electron chi connectivity index (χ2n) is 5.69. The van der Waals surface area contributed by atoms with E-state index in [0.29, 0.717) is 22.5 Å². The maximum Gasteiger partial charge on any atom is 0.287 e. The molecule has 29 heavy (non-hydrogen) atoms. The number of nitrogens with one attached hydrogen (secondary N) is 1.